The molecule has 0 spiro atoms. The molecule has 1 N–H and O–H groups in total. The third-order valence-electron chi connectivity index (χ3n) is 4.21. The molecule has 3 rings (SSSR count). The highest BCUT2D eigenvalue weighted by molar-refractivity contribution is 5.89. The van der Waals surface area contributed by atoms with E-state index in [1.54, 1.807) is 12.3 Å². The van der Waals surface area contributed by atoms with Crippen molar-refractivity contribution in [3.63, 3.8) is 0 Å². The quantitative estimate of drug-likeness (QED) is 0.899. The largest absolute Gasteiger partial charge is 0.373 e. The van der Waals surface area contributed by atoms with E-state index in [1.165, 1.54) is 6.42 Å². The summed E-state index contributed by atoms with van der Waals surface area (Å²) < 4.78 is 31.8. The van der Waals surface area contributed by atoms with Crippen LogP contribution in [0.5, 0.6) is 0 Å². The molecule has 3 heterocycles. The summed E-state index contributed by atoms with van der Waals surface area (Å²) in [5.74, 6) is -2.15. The number of carbonyl (C=O) groups is 1. The van der Waals surface area contributed by atoms with E-state index in [-0.39, 0.29) is 13.2 Å². The number of halogens is 2. The maximum atomic E-state index is 13.5. The molecule has 2 aliphatic rings. The van der Waals surface area contributed by atoms with E-state index >= 15 is 0 Å². The number of nitrogens with one attached hydrogen (secondary N) is 1. The van der Waals surface area contributed by atoms with E-state index in [0.717, 1.165) is 36.6 Å². The van der Waals surface area contributed by atoms with Crippen LogP contribution in [0.25, 0.3) is 0 Å². The van der Waals surface area contributed by atoms with Gasteiger partial charge in [0.1, 0.15) is 12.4 Å². The highest BCUT2D eigenvalue weighted by atomic mass is 19.3. The lowest BCUT2D eigenvalue weighted by Gasteiger charge is -2.27. The number of anilines is 2. The Morgan fingerprint density at radius 3 is 2.71 bits per heavy atom. The van der Waals surface area contributed by atoms with Gasteiger partial charge in [0.25, 0.3) is 5.92 Å². The zero-order chi connectivity index (χ0) is 17.0. The minimum atomic E-state index is -3.02. The molecule has 2 saturated heterocycles. The second kappa shape index (κ2) is 7.29. The summed E-state index contributed by atoms with van der Waals surface area (Å²) in [7, 11) is 0. The van der Waals surface area contributed by atoms with Crippen molar-refractivity contribution in [1.82, 2.24) is 9.88 Å². The average molecular weight is 340 g/mol. The fourth-order valence-corrected chi connectivity index (χ4v) is 2.95. The van der Waals surface area contributed by atoms with Crippen LogP contribution in [0.15, 0.2) is 18.3 Å². The number of amides is 2. The van der Waals surface area contributed by atoms with Crippen LogP contribution in [0.2, 0.25) is 0 Å². The number of alkyl halides is 2. The molecule has 8 heteroatoms. The number of hydrogen-bond acceptors (Lipinski definition) is 4. The number of nitrogens with zero attached hydrogens (tertiary/aromatic N) is 3. The molecule has 0 aliphatic carbocycles. The third-order valence-corrected chi connectivity index (χ3v) is 4.21. The van der Waals surface area contributed by atoms with Gasteiger partial charge in [-0.2, -0.15) is 0 Å². The summed E-state index contributed by atoms with van der Waals surface area (Å²) in [6.07, 6.45) is 5.12. The van der Waals surface area contributed by atoms with E-state index in [0.29, 0.717) is 5.69 Å². The molecule has 0 radical (unpaired) electrons. The lowest BCUT2D eigenvalue weighted by Crippen LogP contribution is -2.43. The summed E-state index contributed by atoms with van der Waals surface area (Å²) in [6, 6.07) is 3.04. The highest BCUT2D eigenvalue weighted by Crippen LogP contribution is 2.21. The fraction of sp³-hybridized carbons (Fsp3) is 0.625. The Kier molecular flexibility index (Phi) is 5.13. The van der Waals surface area contributed by atoms with Gasteiger partial charge in [0.2, 0.25) is 0 Å². The van der Waals surface area contributed by atoms with Crippen LogP contribution in [0.1, 0.15) is 19.3 Å². The van der Waals surface area contributed by atoms with E-state index in [1.807, 2.05) is 6.07 Å². The molecule has 1 aromatic rings. The van der Waals surface area contributed by atoms with Gasteiger partial charge in [-0.15, -0.1) is 0 Å². The van der Waals surface area contributed by atoms with Gasteiger partial charge >= 0.3 is 6.03 Å². The molecule has 6 nitrogen and oxygen atoms in total. The molecule has 0 bridgehead atoms. The summed E-state index contributed by atoms with van der Waals surface area (Å²) in [5.41, 5.74) is 0.495. The molecule has 0 atom stereocenters. The second-order valence-corrected chi connectivity index (χ2v) is 6.21. The molecule has 132 valence electrons. The highest BCUT2D eigenvalue weighted by Gasteiger charge is 2.36. The number of carbonyl (C=O) groups excluding carboxylic acids is 1. The zero-order valence-electron chi connectivity index (χ0n) is 13.5. The monoisotopic (exact) mass is 340 g/mol. The number of ether oxygens (including phenoxy) is 1. The van der Waals surface area contributed by atoms with Crippen LogP contribution in [-0.4, -0.2) is 61.2 Å². The Bertz CT molecular complexity index is 562. The lowest BCUT2D eigenvalue weighted by molar-refractivity contribution is -0.0648. The summed E-state index contributed by atoms with van der Waals surface area (Å²) in [5, 5.41) is 2.62. The number of pyridine rings is 1. The molecule has 2 aliphatic heterocycles. The van der Waals surface area contributed by atoms with Crippen molar-refractivity contribution in [2.45, 2.75) is 25.2 Å². The van der Waals surface area contributed by atoms with Gasteiger partial charge in [-0.05, 0) is 31.4 Å². The van der Waals surface area contributed by atoms with E-state index in [2.05, 4.69) is 15.2 Å². The van der Waals surface area contributed by atoms with Crippen molar-refractivity contribution < 1.29 is 18.3 Å². The van der Waals surface area contributed by atoms with Crippen LogP contribution in [0, 0.1) is 0 Å². The number of aromatic nitrogens is 1. The number of hydrogen-bond donors (Lipinski definition) is 1. The van der Waals surface area contributed by atoms with Gasteiger partial charge in [-0.1, -0.05) is 0 Å². The summed E-state index contributed by atoms with van der Waals surface area (Å²) in [4.78, 5) is 19.8. The normalized spacial score (nSPS) is 21.2. The molecule has 2 fully saturated rings. The predicted molar refractivity (Wildman–Crippen MR) is 86.7 cm³/mol. The smallest absolute Gasteiger partial charge is 0.322 e. The first-order chi connectivity index (χ1) is 11.5. The minimum absolute atomic E-state index is 0.106. The first-order valence-electron chi connectivity index (χ1n) is 8.26. The first-order valence-corrected chi connectivity index (χ1v) is 8.26. The van der Waals surface area contributed by atoms with E-state index in [9.17, 15) is 13.6 Å². The average Bonchev–Trinajstić information content (AvgIpc) is 2.77. The molecule has 0 unspecified atom stereocenters. The topological polar surface area (TPSA) is 57.7 Å². The SMILES string of the molecule is O=C(Nc1ccc(N2CCCCC2)nc1)N1CCOCC(F)(F)C1. The Hall–Kier alpha value is -1.96. The van der Waals surface area contributed by atoms with E-state index in [4.69, 9.17) is 4.74 Å². The van der Waals surface area contributed by atoms with Crippen LogP contribution < -0.4 is 10.2 Å². The van der Waals surface area contributed by atoms with Gasteiger partial charge in [0.05, 0.1) is 25.0 Å². The van der Waals surface area contributed by atoms with E-state index < -0.39 is 25.1 Å². The number of urea groups is 1. The van der Waals surface area contributed by atoms with Gasteiger partial charge in [-0.25, -0.2) is 18.6 Å². The van der Waals surface area contributed by atoms with Crippen molar-refractivity contribution >= 4 is 17.5 Å². The molecule has 0 aromatic carbocycles. The van der Waals surface area contributed by atoms with Crippen LogP contribution >= 0.6 is 0 Å². The Labute approximate surface area is 139 Å². The van der Waals surface area contributed by atoms with Gasteiger partial charge < -0.3 is 19.9 Å². The number of rotatable bonds is 2. The molecular formula is C16H22F2N4O2. The van der Waals surface area contributed by atoms with Crippen molar-refractivity contribution in [1.29, 1.82) is 0 Å². The molecule has 2 amide bonds. The fourth-order valence-electron chi connectivity index (χ4n) is 2.95. The Balaban J connectivity index is 1.59. The zero-order valence-corrected chi connectivity index (χ0v) is 13.5. The van der Waals surface area contributed by atoms with Crippen LogP contribution in [0.3, 0.4) is 0 Å². The third kappa shape index (κ3) is 4.31. The Morgan fingerprint density at radius 1 is 1.21 bits per heavy atom. The minimum Gasteiger partial charge on any atom is -0.373 e. The number of piperidine rings is 1. The predicted octanol–water partition coefficient (Wildman–Crippen LogP) is 2.57. The van der Waals surface area contributed by atoms with Gasteiger partial charge in [-0.3, -0.25) is 0 Å². The maximum Gasteiger partial charge on any atom is 0.322 e. The first kappa shape index (κ1) is 16.9. The Morgan fingerprint density at radius 2 is 2.00 bits per heavy atom. The van der Waals surface area contributed by atoms with Gasteiger partial charge in [0, 0.05) is 19.6 Å². The van der Waals surface area contributed by atoms with Crippen molar-refractivity contribution in [2.75, 3.05) is 49.6 Å². The maximum absolute atomic E-state index is 13.5. The molecular weight excluding hydrogens is 318 g/mol. The second-order valence-electron chi connectivity index (χ2n) is 6.21. The van der Waals surface area contributed by atoms with Crippen molar-refractivity contribution in [3.05, 3.63) is 18.3 Å². The van der Waals surface area contributed by atoms with Crippen LogP contribution in [0.4, 0.5) is 25.1 Å². The van der Waals surface area contributed by atoms with Crippen LogP contribution in [-0.2, 0) is 4.74 Å². The van der Waals surface area contributed by atoms with Crippen molar-refractivity contribution in [2.24, 2.45) is 0 Å². The van der Waals surface area contributed by atoms with Crippen molar-refractivity contribution in [3.8, 4) is 0 Å². The van der Waals surface area contributed by atoms with Gasteiger partial charge in [0.15, 0.2) is 0 Å². The molecule has 0 saturated carbocycles. The standard InChI is InChI=1S/C16H22F2N4O2/c17-16(18)11-22(8-9-24-12-16)15(23)20-13-4-5-14(19-10-13)21-6-2-1-3-7-21/h4-5,10H,1-3,6-9,11-12H2,(H,20,23). The summed E-state index contributed by atoms with van der Waals surface area (Å²) >= 11 is 0. The summed E-state index contributed by atoms with van der Waals surface area (Å²) in [6.45, 7) is 0.931. The lowest BCUT2D eigenvalue weighted by atomic mass is 10.1. The molecule has 24 heavy (non-hydrogen) atoms. The molecule has 1 aromatic heterocycles.